The van der Waals surface area contributed by atoms with E-state index in [1.54, 1.807) is 11.8 Å². The van der Waals surface area contributed by atoms with Crippen molar-refractivity contribution in [3.63, 3.8) is 0 Å². The summed E-state index contributed by atoms with van der Waals surface area (Å²) >= 11 is 0. The number of nitrogens with two attached hydrogens (primary N) is 1. The van der Waals surface area contributed by atoms with Crippen LogP contribution >= 0.6 is 0 Å². The van der Waals surface area contributed by atoms with E-state index >= 15 is 0 Å². The van der Waals surface area contributed by atoms with Crippen molar-refractivity contribution in [3.8, 4) is 0 Å². The van der Waals surface area contributed by atoms with E-state index < -0.39 is 0 Å². The van der Waals surface area contributed by atoms with Crippen LogP contribution in [0.5, 0.6) is 0 Å². The molecule has 0 radical (unpaired) electrons. The van der Waals surface area contributed by atoms with Gasteiger partial charge < -0.3 is 15.5 Å². The molecule has 0 bridgehead atoms. The van der Waals surface area contributed by atoms with Crippen LogP contribution in [0.15, 0.2) is 0 Å². The number of carbonyl (C=O) groups excluding carboxylic acids is 2. The summed E-state index contributed by atoms with van der Waals surface area (Å²) in [4.78, 5) is 26.7. The molecule has 1 aliphatic rings. The molecule has 1 saturated heterocycles. The first kappa shape index (κ1) is 13.0. The van der Waals surface area contributed by atoms with Crippen molar-refractivity contribution in [2.45, 2.75) is 20.3 Å². The molecule has 1 atom stereocenters. The Kier molecular flexibility index (Phi) is 4.73. The summed E-state index contributed by atoms with van der Waals surface area (Å²) in [6, 6.07) is 0. The van der Waals surface area contributed by atoms with Crippen molar-refractivity contribution < 1.29 is 9.59 Å². The van der Waals surface area contributed by atoms with E-state index in [0.717, 1.165) is 6.42 Å². The molecule has 1 heterocycles. The van der Waals surface area contributed by atoms with Crippen LogP contribution in [0, 0.1) is 5.92 Å². The SMILES string of the molecule is CCC(CN)C(=O)N1CCN(C(C)=O)CC1. The third-order valence-electron chi connectivity index (χ3n) is 3.16. The van der Waals surface area contributed by atoms with Crippen LogP contribution in [0.4, 0.5) is 0 Å². The van der Waals surface area contributed by atoms with Crippen LogP contribution in [0.25, 0.3) is 0 Å². The molecule has 1 rings (SSSR count). The average molecular weight is 227 g/mol. The minimum Gasteiger partial charge on any atom is -0.339 e. The predicted octanol–water partition coefficient (Wildman–Crippen LogP) is -0.338. The first-order chi connectivity index (χ1) is 7.60. The van der Waals surface area contributed by atoms with Crippen molar-refractivity contribution >= 4 is 11.8 Å². The lowest BCUT2D eigenvalue weighted by Gasteiger charge is -2.35. The van der Waals surface area contributed by atoms with Gasteiger partial charge in [0.05, 0.1) is 5.92 Å². The van der Waals surface area contributed by atoms with Crippen molar-refractivity contribution in [3.05, 3.63) is 0 Å². The Bertz CT molecular complexity index is 256. The van der Waals surface area contributed by atoms with Gasteiger partial charge in [0.1, 0.15) is 0 Å². The molecular formula is C11H21N3O2. The van der Waals surface area contributed by atoms with Crippen LogP contribution in [0.1, 0.15) is 20.3 Å². The Morgan fingerprint density at radius 1 is 1.19 bits per heavy atom. The molecule has 0 aromatic carbocycles. The normalized spacial score (nSPS) is 18.4. The smallest absolute Gasteiger partial charge is 0.227 e. The second-order valence-corrected chi connectivity index (χ2v) is 4.17. The summed E-state index contributed by atoms with van der Waals surface area (Å²) in [6.45, 7) is 6.49. The standard InChI is InChI=1S/C11H21N3O2/c1-3-10(8-12)11(16)14-6-4-13(5-7-14)9(2)15/h10H,3-8,12H2,1-2H3. The Balaban J connectivity index is 2.47. The zero-order valence-electron chi connectivity index (χ0n) is 10.1. The molecule has 0 aromatic rings. The number of rotatable bonds is 3. The second-order valence-electron chi connectivity index (χ2n) is 4.17. The lowest BCUT2D eigenvalue weighted by molar-refractivity contribution is -0.141. The highest BCUT2D eigenvalue weighted by atomic mass is 16.2. The summed E-state index contributed by atoms with van der Waals surface area (Å²) in [5, 5.41) is 0. The minimum absolute atomic E-state index is 0.0659. The minimum atomic E-state index is -0.0659. The second kappa shape index (κ2) is 5.84. The van der Waals surface area contributed by atoms with Crippen LogP contribution in [-0.2, 0) is 9.59 Å². The maximum atomic E-state index is 12.0. The Morgan fingerprint density at radius 3 is 2.06 bits per heavy atom. The fraction of sp³-hybridized carbons (Fsp3) is 0.818. The lowest BCUT2D eigenvalue weighted by atomic mass is 10.0. The Labute approximate surface area is 96.6 Å². The Hall–Kier alpha value is -1.10. The summed E-state index contributed by atoms with van der Waals surface area (Å²) in [7, 11) is 0. The third-order valence-corrected chi connectivity index (χ3v) is 3.16. The van der Waals surface area contributed by atoms with Gasteiger partial charge >= 0.3 is 0 Å². The number of nitrogens with zero attached hydrogens (tertiary/aromatic N) is 2. The highest BCUT2D eigenvalue weighted by Gasteiger charge is 2.26. The quantitative estimate of drug-likeness (QED) is 0.717. The number of piperazine rings is 1. The van der Waals surface area contributed by atoms with Gasteiger partial charge in [0.25, 0.3) is 0 Å². The molecule has 2 amide bonds. The molecule has 2 N–H and O–H groups in total. The van der Waals surface area contributed by atoms with Gasteiger partial charge in [0.15, 0.2) is 0 Å². The average Bonchev–Trinajstić information content (AvgIpc) is 2.30. The molecule has 0 spiro atoms. The molecule has 0 saturated carbocycles. The molecule has 1 fully saturated rings. The summed E-state index contributed by atoms with van der Waals surface area (Å²) < 4.78 is 0. The van der Waals surface area contributed by atoms with E-state index in [0.29, 0.717) is 32.7 Å². The van der Waals surface area contributed by atoms with Gasteiger partial charge in [-0.15, -0.1) is 0 Å². The predicted molar refractivity (Wildman–Crippen MR) is 61.7 cm³/mol. The van der Waals surface area contributed by atoms with Gasteiger partial charge in [0, 0.05) is 39.6 Å². The summed E-state index contributed by atoms with van der Waals surface area (Å²) in [5.41, 5.74) is 5.55. The molecule has 0 aromatic heterocycles. The van der Waals surface area contributed by atoms with Gasteiger partial charge in [-0.3, -0.25) is 9.59 Å². The van der Waals surface area contributed by atoms with Crippen molar-refractivity contribution in [1.82, 2.24) is 9.80 Å². The largest absolute Gasteiger partial charge is 0.339 e. The molecule has 1 unspecified atom stereocenters. The van der Waals surface area contributed by atoms with Gasteiger partial charge in [0.2, 0.25) is 11.8 Å². The zero-order chi connectivity index (χ0) is 12.1. The van der Waals surface area contributed by atoms with E-state index in [1.807, 2.05) is 11.8 Å². The van der Waals surface area contributed by atoms with Crippen LogP contribution in [0.3, 0.4) is 0 Å². The van der Waals surface area contributed by atoms with Crippen LogP contribution < -0.4 is 5.73 Å². The highest BCUT2D eigenvalue weighted by Crippen LogP contribution is 2.09. The summed E-state index contributed by atoms with van der Waals surface area (Å²) in [5.74, 6) is 0.148. The number of hydrogen-bond acceptors (Lipinski definition) is 3. The monoisotopic (exact) mass is 227 g/mol. The molecule has 16 heavy (non-hydrogen) atoms. The summed E-state index contributed by atoms with van der Waals surface area (Å²) in [6.07, 6.45) is 0.780. The molecule has 1 aliphatic heterocycles. The van der Waals surface area contributed by atoms with E-state index in [-0.39, 0.29) is 17.7 Å². The number of carbonyl (C=O) groups is 2. The topological polar surface area (TPSA) is 66.6 Å². The van der Waals surface area contributed by atoms with Gasteiger partial charge in [-0.25, -0.2) is 0 Å². The fourth-order valence-electron chi connectivity index (χ4n) is 1.94. The van der Waals surface area contributed by atoms with Crippen molar-refractivity contribution in [1.29, 1.82) is 0 Å². The van der Waals surface area contributed by atoms with E-state index in [4.69, 9.17) is 5.73 Å². The Morgan fingerprint density at radius 2 is 1.69 bits per heavy atom. The molecule has 0 aliphatic carbocycles. The third kappa shape index (κ3) is 2.95. The zero-order valence-corrected chi connectivity index (χ0v) is 10.1. The first-order valence-electron chi connectivity index (χ1n) is 5.84. The molecule has 5 heteroatoms. The maximum Gasteiger partial charge on any atom is 0.227 e. The van der Waals surface area contributed by atoms with E-state index in [1.165, 1.54) is 0 Å². The first-order valence-corrected chi connectivity index (χ1v) is 5.84. The molecule has 92 valence electrons. The van der Waals surface area contributed by atoms with E-state index in [2.05, 4.69) is 0 Å². The highest BCUT2D eigenvalue weighted by molar-refractivity contribution is 5.79. The van der Waals surface area contributed by atoms with Gasteiger partial charge in [-0.1, -0.05) is 6.92 Å². The maximum absolute atomic E-state index is 12.0. The lowest BCUT2D eigenvalue weighted by Crippen LogP contribution is -2.52. The number of amides is 2. The van der Waals surface area contributed by atoms with Crippen LogP contribution in [-0.4, -0.2) is 54.3 Å². The molecule has 5 nitrogen and oxygen atoms in total. The van der Waals surface area contributed by atoms with Crippen LogP contribution in [0.2, 0.25) is 0 Å². The van der Waals surface area contributed by atoms with E-state index in [9.17, 15) is 9.59 Å². The fourth-order valence-corrected chi connectivity index (χ4v) is 1.94. The van der Waals surface area contributed by atoms with Crippen molar-refractivity contribution in [2.75, 3.05) is 32.7 Å². The number of hydrogen-bond donors (Lipinski definition) is 1. The molecular weight excluding hydrogens is 206 g/mol. The van der Waals surface area contributed by atoms with Gasteiger partial charge in [-0.2, -0.15) is 0 Å². The van der Waals surface area contributed by atoms with Gasteiger partial charge in [-0.05, 0) is 6.42 Å². The van der Waals surface area contributed by atoms with Crippen molar-refractivity contribution in [2.24, 2.45) is 11.7 Å².